The van der Waals surface area contributed by atoms with Gasteiger partial charge in [0, 0.05) is 30.7 Å². The van der Waals surface area contributed by atoms with E-state index in [1.807, 2.05) is 49.8 Å². The van der Waals surface area contributed by atoms with Crippen LogP contribution in [0.4, 0.5) is 0 Å². The van der Waals surface area contributed by atoms with E-state index in [-0.39, 0.29) is 5.91 Å². The fraction of sp³-hybridized carbons (Fsp3) is 0.316. The Balaban J connectivity index is 1.96. The highest BCUT2D eigenvalue weighted by Crippen LogP contribution is 2.28. The average molecular weight is 322 g/mol. The van der Waals surface area contributed by atoms with E-state index in [1.54, 1.807) is 4.68 Å². The molecule has 1 amide bonds. The van der Waals surface area contributed by atoms with E-state index in [2.05, 4.69) is 22.3 Å². The molecule has 0 aliphatic carbocycles. The summed E-state index contributed by atoms with van der Waals surface area (Å²) in [7, 11) is 1.88. The van der Waals surface area contributed by atoms with Crippen LogP contribution in [-0.4, -0.2) is 27.2 Å². The third-order valence-corrected chi connectivity index (χ3v) is 4.03. The molecule has 2 aromatic heterocycles. The molecule has 5 nitrogen and oxygen atoms in total. The Labute approximate surface area is 141 Å². The fourth-order valence-electron chi connectivity index (χ4n) is 2.76. The predicted molar refractivity (Wildman–Crippen MR) is 95.8 cm³/mol. The van der Waals surface area contributed by atoms with Gasteiger partial charge in [-0.3, -0.25) is 9.48 Å². The molecule has 0 spiro atoms. The van der Waals surface area contributed by atoms with Crippen molar-refractivity contribution in [1.29, 1.82) is 0 Å². The Bertz CT molecular complexity index is 853. The molecule has 0 aliphatic rings. The topological polar surface area (TPSA) is 59.8 Å². The molecule has 0 unspecified atom stereocenters. The van der Waals surface area contributed by atoms with Gasteiger partial charge in [0.25, 0.3) is 5.91 Å². The van der Waals surface area contributed by atoms with Gasteiger partial charge in [0.2, 0.25) is 0 Å². The maximum atomic E-state index is 12.4. The number of nitrogens with zero attached hydrogens (tertiary/aromatic N) is 3. The lowest BCUT2D eigenvalue weighted by Crippen LogP contribution is -2.25. The average Bonchev–Trinajstić information content (AvgIpc) is 3.04. The minimum atomic E-state index is -0.123. The largest absolute Gasteiger partial charge is 0.351 e. The highest BCUT2D eigenvalue weighted by Gasteiger charge is 2.13. The lowest BCUT2D eigenvalue weighted by Gasteiger charge is -2.09. The molecule has 0 aliphatic heterocycles. The van der Waals surface area contributed by atoms with Gasteiger partial charge < -0.3 is 5.32 Å². The van der Waals surface area contributed by atoms with Crippen LogP contribution in [0.15, 0.2) is 42.7 Å². The number of aromatic nitrogens is 3. The summed E-state index contributed by atoms with van der Waals surface area (Å²) < 4.78 is 1.76. The van der Waals surface area contributed by atoms with Crippen molar-refractivity contribution in [3.05, 3.63) is 48.4 Å². The second-order valence-electron chi connectivity index (χ2n) is 5.94. The molecular weight excluding hydrogens is 300 g/mol. The number of rotatable bonds is 6. The summed E-state index contributed by atoms with van der Waals surface area (Å²) in [6, 6.07) is 9.73. The molecule has 0 bridgehead atoms. The van der Waals surface area contributed by atoms with Gasteiger partial charge in [-0.2, -0.15) is 5.10 Å². The summed E-state index contributed by atoms with van der Waals surface area (Å²) in [5, 5.41) is 8.22. The van der Waals surface area contributed by atoms with Crippen LogP contribution in [-0.2, 0) is 7.05 Å². The predicted octanol–water partition coefficient (Wildman–Crippen LogP) is 3.56. The number of pyridine rings is 1. The summed E-state index contributed by atoms with van der Waals surface area (Å²) in [5.74, 6) is -0.123. The normalized spacial score (nSPS) is 10.9. The van der Waals surface area contributed by atoms with Gasteiger partial charge >= 0.3 is 0 Å². The quantitative estimate of drug-likeness (QED) is 0.706. The summed E-state index contributed by atoms with van der Waals surface area (Å²) in [5.41, 5.74) is 3.23. The summed E-state index contributed by atoms with van der Waals surface area (Å²) in [4.78, 5) is 17.0. The van der Waals surface area contributed by atoms with Crippen LogP contribution >= 0.6 is 0 Å². The monoisotopic (exact) mass is 322 g/mol. The Morgan fingerprint density at radius 3 is 2.83 bits per heavy atom. The first-order chi connectivity index (χ1) is 11.7. The number of para-hydroxylation sites is 1. The number of hydrogen-bond donors (Lipinski definition) is 1. The number of benzene rings is 1. The molecule has 5 heteroatoms. The zero-order valence-electron chi connectivity index (χ0n) is 14.1. The van der Waals surface area contributed by atoms with Gasteiger partial charge in [-0.15, -0.1) is 0 Å². The summed E-state index contributed by atoms with van der Waals surface area (Å²) >= 11 is 0. The van der Waals surface area contributed by atoms with Crippen molar-refractivity contribution in [1.82, 2.24) is 20.1 Å². The Kier molecular flexibility index (Phi) is 4.89. The first-order valence-corrected chi connectivity index (χ1v) is 8.36. The lowest BCUT2D eigenvalue weighted by atomic mass is 10.0. The smallest absolute Gasteiger partial charge is 0.269 e. The number of amides is 1. The number of carbonyl (C=O) groups excluding carboxylic acids is 1. The van der Waals surface area contributed by atoms with E-state index in [1.165, 1.54) is 0 Å². The van der Waals surface area contributed by atoms with Crippen molar-refractivity contribution < 1.29 is 4.79 Å². The van der Waals surface area contributed by atoms with E-state index in [0.717, 1.165) is 41.3 Å². The number of unbranched alkanes of at least 4 members (excludes halogenated alkanes) is 2. The van der Waals surface area contributed by atoms with E-state index in [4.69, 9.17) is 0 Å². The maximum absolute atomic E-state index is 12.4. The molecule has 0 saturated heterocycles. The molecule has 3 rings (SSSR count). The molecule has 1 aromatic carbocycles. The standard InChI is InChI=1S/C19H22N4O/c1-3-4-7-10-20-19(24)18-11-16(14-12-21-23(2)13-14)15-8-5-6-9-17(15)22-18/h5-6,8-9,11-13H,3-4,7,10H2,1-2H3,(H,20,24). The van der Waals surface area contributed by atoms with Gasteiger partial charge in [-0.25, -0.2) is 4.98 Å². The zero-order chi connectivity index (χ0) is 16.9. The molecule has 0 atom stereocenters. The van der Waals surface area contributed by atoms with Crippen LogP contribution in [0.5, 0.6) is 0 Å². The number of fused-ring (bicyclic) bond motifs is 1. The molecule has 3 aromatic rings. The Morgan fingerprint density at radius 1 is 1.25 bits per heavy atom. The van der Waals surface area contributed by atoms with Crippen LogP contribution < -0.4 is 5.32 Å². The molecule has 0 saturated carbocycles. The van der Waals surface area contributed by atoms with Crippen molar-refractivity contribution >= 4 is 16.8 Å². The van der Waals surface area contributed by atoms with Crippen molar-refractivity contribution in [3.63, 3.8) is 0 Å². The van der Waals surface area contributed by atoms with Crippen LogP contribution in [0.1, 0.15) is 36.7 Å². The number of hydrogen-bond acceptors (Lipinski definition) is 3. The van der Waals surface area contributed by atoms with Gasteiger partial charge in [-0.1, -0.05) is 38.0 Å². The van der Waals surface area contributed by atoms with Crippen LogP contribution in [0.25, 0.3) is 22.0 Å². The molecule has 0 fully saturated rings. The number of carbonyl (C=O) groups is 1. The highest BCUT2D eigenvalue weighted by atomic mass is 16.1. The van der Waals surface area contributed by atoms with E-state index in [9.17, 15) is 4.79 Å². The molecule has 2 heterocycles. The lowest BCUT2D eigenvalue weighted by molar-refractivity contribution is 0.0948. The van der Waals surface area contributed by atoms with Crippen molar-refractivity contribution in [2.24, 2.45) is 7.05 Å². The molecule has 24 heavy (non-hydrogen) atoms. The Morgan fingerprint density at radius 2 is 2.08 bits per heavy atom. The van der Waals surface area contributed by atoms with E-state index in [0.29, 0.717) is 12.2 Å². The van der Waals surface area contributed by atoms with E-state index >= 15 is 0 Å². The first kappa shape index (κ1) is 16.2. The van der Waals surface area contributed by atoms with Gasteiger partial charge in [-0.05, 0) is 24.1 Å². The first-order valence-electron chi connectivity index (χ1n) is 8.36. The number of aryl methyl sites for hydroxylation is 1. The van der Waals surface area contributed by atoms with Gasteiger partial charge in [0.15, 0.2) is 0 Å². The van der Waals surface area contributed by atoms with Crippen molar-refractivity contribution in [3.8, 4) is 11.1 Å². The third-order valence-electron chi connectivity index (χ3n) is 4.03. The zero-order valence-corrected chi connectivity index (χ0v) is 14.1. The van der Waals surface area contributed by atoms with E-state index < -0.39 is 0 Å². The van der Waals surface area contributed by atoms with Crippen LogP contribution in [0, 0.1) is 0 Å². The van der Waals surface area contributed by atoms with Crippen LogP contribution in [0.2, 0.25) is 0 Å². The van der Waals surface area contributed by atoms with Crippen molar-refractivity contribution in [2.75, 3.05) is 6.54 Å². The maximum Gasteiger partial charge on any atom is 0.269 e. The third kappa shape index (κ3) is 3.45. The minimum absolute atomic E-state index is 0.123. The van der Waals surface area contributed by atoms with Crippen molar-refractivity contribution in [2.45, 2.75) is 26.2 Å². The highest BCUT2D eigenvalue weighted by molar-refractivity contribution is 6.01. The second kappa shape index (κ2) is 7.25. The fourth-order valence-corrected chi connectivity index (χ4v) is 2.76. The number of nitrogens with one attached hydrogen (secondary N) is 1. The molecule has 0 radical (unpaired) electrons. The minimum Gasteiger partial charge on any atom is -0.351 e. The van der Waals surface area contributed by atoms with Gasteiger partial charge in [0.1, 0.15) is 5.69 Å². The summed E-state index contributed by atoms with van der Waals surface area (Å²) in [6.45, 7) is 2.83. The molecular formula is C19H22N4O. The second-order valence-corrected chi connectivity index (χ2v) is 5.94. The molecule has 1 N–H and O–H groups in total. The van der Waals surface area contributed by atoms with Crippen LogP contribution in [0.3, 0.4) is 0 Å². The summed E-state index contributed by atoms with van der Waals surface area (Å²) in [6.07, 6.45) is 7.00. The SMILES string of the molecule is CCCCCNC(=O)c1cc(-c2cnn(C)c2)c2ccccc2n1. The Hall–Kier alpha value is -2.69. The van der Waals surface area contributed by atoms with Gasteiger partial charge in [0.05, 0.1) is 11.7 Å². The molecule has 124 valence electrons.